The van der Waals surface area contributed by atoms with E-state index in [2.05, 4.69) is 15.4 Å². The lowest BCUT2D eigenvalue weighted by molar-refractivity contribution is 1.16. The molecule has 1 rings (SSSR count). The predicted octanol–water partition coefficient (Wildman–Crippen LogP) is -0.383. The molecule has 7 nitrogen and oxygen atoms in total. The van der Waals surface area contributed by atoms with Crippen LogP contribution in [0.5, 0.6) is 0 Å². The molecule has 0 unspecified atom stereocenters. The summed E-state index contributed by atoms with van der Waals surface area (Å²) in [4.78, 5) is 7.86. The molecule has 0 spiro atoms. The molecule has 1 heterocycles. The van der Waals surface area contributed by atoms with Gasteiger partial charge in [-0.15, -0.1) is 0 Å². The molecule has 0 bridgehead atoms. The Labute approximate surface area is 99.6 Å². The summed E-state index contributed by atoms with van der Waals surface area (Å²) in [7, 11) is 1.67. The van der Waals surface area contributed by atoms with E-state index in [9.17, 15) is 0 Å². The van der Waals surface area contributed by atoms with Gasteiger partial charge in [-0.2, -0.15) is 0 Å². The van der Waals surface area contributed by atoms with Gasteiger partial charge >= 0.3 is 0 Å². The number of nitrogens with zero attached hydrogens (tertiary/aromatic N) is 2. The predicted molar refractivity (Wildman–Crippen MR) is 71.3 cm³/mol. The van der Waals surface area contributed by atoms with Crippen molar-refractivity contribution < 1.29 is 0 Å². The van der Waals surface area contributed by atoms with Crippen LogP contribution in [0.1, 0.15) is 5.56 Å². The molecule has 17 heavy (non-hydrogen) atoms. The number of hydrogen-bond acceptors (Lipinski definition) is 7. The zero-order valence-electron chi connectivity index (χ0n) is 9.64. The van der Waals surface area contributed by atoms with E-state index in [0.717, 1.165) is 11.1 Å². The summed E-state index contributed by atoms with van der Waals surface area (Å²) >= 11 is 0. The van der Waals surface area contributed by atoms with Gasteiger partial charge in [0, 0.05) is 19.7 Å². The van der Waals surface area contributed by atoms with Crippen LogP contribution in [0.25, 0.3) is 0 Å². The van der Waals surface area contributed by atoms with Crippen LogP contribution >= 0.6 is 0 Å². The highest BCUT2D eigenvalue weighted by Gasteiger charge is 2.09. The molecule has 0 aromatic carbocycles. The minimum atomic E-state index is 0.340. The molecular formula is C10H17N7. The second-order valence-electron chi connectivity index (χ2n) is 3.42. The fraction of sp³-hybridized carbons (Fsp3) is 0.200. The van der Waals surface area contributed by atoms with E-state index in [1.54, 1.807) is 19.3 Å². The van der Waals surface area contributed by atoms with Gasteiger partial charge in [-0.05, 0) is 23.4 Å². The van der Waals surface area contributed by atoms with Gasteiger partial charge in [-0.25, -0.2) is 10.8 Å². The Morgan fingerprint density at radius 3 is 2.76 bits per heavy atom. The molecule has 0 aliphatic rings. The van der Waals surface area contributed by atoms with E-state index in [-0.39, 0.29) is 0 Å². The number of nitrogen functional groups attached to an aromatic ring is 3. The highest BCUT2D eigenvalue weighted by molar-refractivity contribution is 5.80. The minimum Gasteiger partial charge on any atom is -0.404 e. The maximum absolute atomic E-state index is 5.89. The van der Waals surface area contributed by atoms with Crippen molar-refractivity contribution in [1.29, 1.82) is 0 Å². The Morgan fingerprint density at radius 1 is 1.53 bits per heavy atom. The zero-order valence-corrected chi connectivity index (χ0v) is 9.64. The molecule has 0 amide bonds. The normalized spacial score (nSPS) is 12.0. The van der Waals surface area contributed by atoms with E-state index in [1.165, 1.54) is 6.20 Å². The Hall–Kier alpha value is -2.28. The lowest BCUT2D eigenvalue weighted by Gasteiger charge is -2.11. The van der Waals surface area contributed by atoms with Crippen molar-refractivity contribution >= 4 is 23.5 Å². The maximum atomic E-state index is 5.89. The van der Waals surface area contributed by atoms with Crippen LogP contribution < -0.4 is 28.5 Å². The van der Waals surface area contributed by atoms with Crippen LogP contribution in [0.15, 0.2) is 22.8 Å². The summed E-state index contributed by atoms with van der Waals surface area (Å²) in [6, 6.07) is 1.68. The average molecular weight is 235 g/mol. The van der Waals surface area contributed by atoms with Gasteiger partial charge in [0.15, 0.2) is 5.82 Å². The van der Waals surface area contributed by atoms with E-state index in [4.69, 9.17) is 23.0 Å². The number of nitrogens with two attached hydrogens (primary N) is 4. The fourth-order valence-corrected chi connectivity index (χ4v) is 1.42. The maximum Gasteiger partial charge on any atom is 0.165 e. The number of aromatic nitrogens is 1. The summed E-state index contributed by atoms with van der Waals surface area (Å²) in [6.07, 6.45) is 3.64. The summed E-state index contributed by atoms with van der Waals surface area (Å²) < 4.78 is 0. The summed E-state index contributed by atoms with van der Waals surface area (Å²) in [5.74, 6) is 5.99. The summed E-state index contributed by atoms with van der Waals surface area (Å²) in [6.45, 7) is 0. The molecule has 7 heteroatoms. The molecule has 0 saturated heterocycles. The SMILES string of the molecule is CN=CC(=CN)Cc1cc(N)nc(NN)c1N. The standard InChI is InChI=1S/C10H17N7/c1-15-5-6(4-11)2-7-3-8(12)16-10(17-14)9(7)13/h3-5H,2,11,13-14H2,1H3,(H3,12,16,17). The zero-order chi connectivity index (χ0) is 12.8. The number of aliphatic imine (C=N–C) groups is 1. The first-order valence-electron chi connectivity index (χ1n) is 4.96. The molecule has 0 saturated carbocycles. The van der Waals surface area contributed by atoms with Gasteiger partial charge < -0.3 is 22.6 Å². The van der Waals surface area contributed by atoms with Crippen molar-refractivity contribution in [3.05, 3.63) is 23.4 Å². The van der Waals surface area contributed by atoms with Gasteiger partial charge in [0.2, 0.25) is 0 Å². The number of allylic oxidation sites excluding steroid dienone is 1. The minimum absolute atomic E-state index is 0.340. The molecule has 1 aromatic heterocycles. The first kappa shape index (κ1) is 12.8. The molecule has 0 fully saturated rings. The quantitative estimate of drug-likeness (QED) is 0.273. The van der Waals surface area contributed by atoms with Gasteiger partial charge in [0.1, 0.15) is 5.82 Å². The van der Waals surface area contributed by atoms with Gasteiger partial charge in [-0.1, -0.05) is 0 Å². The number of nitrogens with one attached hydrogen (secondary N) is 1. The number of pyridine rings is 1. The van der Waals surface area contributed by atoms with Gasteiger partial charge in [0.05, 0.1) is 5.69 Å². The van der Waals surface area contributed by atoms with Crippen molar-refractivity contribution in [3.63, 3.8) is 0 Å². The van der Waals surface area contributed by atoms with E-state index < -0.39 is 0 Å². The third-order valence-electron chi connectivity index (χ3n) is 2.20. The smallest absolute Gasteiger partial charge is 0.165 e. The first-order chi connectivity index (χ1) is 8.12. The van der Waals surface area contributed by atoms with Crippen LogP contribution in [-0.2, 0) is 6.42 Å². The van der Waals surface area contributed by atoms with Crippen molar-refractivity contribution in [2.45, 2.75) is 6.42 Å². The molecule has 9 N–H and O–H groups in total. The Balaban J connectivity index is 3.10. The third kappa shape index (κ3) is 3.08. The largest absolute Gasteiger partial charge is 0.404 e. The van der Waals surface area contributed by atoms with Crippen LogP contribution in [-0.4, -0.2) is 18.2 Å². The monoisotopic (exact) mass is 235 g/mol. The van der Waals surface area contributed by atoms with E-state index in [1.807, 2.05) is 0 Å². The van der Waals surface area contributed by atoms with Crippen LogP contribution in [0, 0.1) is 0 Å². The molecule has 0 aliphatic carbocycles. The molecule has 0 atom stereocenters. The lowest BCUT2D eigenvalue weighted by atomic mass is 10.1. The molecule has 0 radical (unpaired) electrons. The number of hydrazine groups is 1. The summed E-state index contributed by atoms with van der Waals surface area (Å²) in [5.41, 5.74) is 21.5. The van der Waals surface area contributed by atoms with Crippen LogP contribution in [0.3, 0.4) is 0 Å². The summed E-state index contributed by atoms with van der Waals surface area (Å²) in [5, 5.41) is 0. The van der Waals surface area contributed by atoms with Crippen molar-refractivity contribution in [2.24, 2.45) is 16.6 Å². The van der Waals surface area contributed by atoms with Crippen LogP contribution in [0.4, 0.5) is 17.3 Å². The number of rotatable bonds is 4. The molecule has 1 aromatic rings. The Morgan fingerprint density at radius 2 is 2.24 bits per heavy atom. The van der Waals surface area contributed by atoms with Crippen LogP contribution in [0.2, 0.25) is 0 Å². The highest BCUT2D eigenvalue weighted by Crippen LogP contribution is 2.24. The number of anilines is 3. The van der Waals surface area contributed by atoms with Gasteiger partial charge in [-0.3, -0.25) is 4.99 Å². The average Bonchev–Trinajstić information content (AvgIpc) is 2.32. The first-order valence-corrected chi connectivity index (χ1v) is 4.96. The van der Waals surface area contributed by atoms with Crippen molar-refractivity contribution in [1.82, 2.24) is 4.98 Å². The molecule has 0 aliphatic heterocycles. The lowest BCUT2D eigenvalue weighted by Crippen LogP contribution is -2.14. The van der Waals surface area contributed by atoms with Crippen molar-refractivity contribution in [3.8, 4) is 0 Å². The second-order valence-corrected chi connectivity index (χ2v) is 3.42. The number of hydrogen-bond donors (Lipinski definition) is 5. The molecule has 92 valence electrons. The fourth-order valence-electron chi connectivity index (χ4n) is 1.42. The Kier molecular flexibility index (Phi) is 4.29. The van der Waals surface area contributed by atoms with Gasteiger partial charge in [0.25, 0.3) is 0 Å². The third-order valence-corrected chi connectivity index (χ3v) is 2.20. The Bertz CT molecular complexity index is 450. The van der Waals surface area contributed by atoms with E-state index in [0.29, 0.717) is 23.7 Å². The van der Waals surface area contributed by atoms with Crippen molar-refractivity contribution in [2.75, 3.05) is 23.9 Å². The van der Waals surface area contributed by atoms with E-state index >= 15 is 0 Å². The highest BCUT2D eigenvalue weighted by atomic mass is 15.3. The second kappa shape index (κ2) is 5.71. The molecular weight excluding hydrogens is 218 g/mol. The topological polar surface area (TPSA) is 141 Å².